The lowest BCUT2D eigenvalue weighted by atomic mass is 10.1. The highest BCUT2D eigenvalue weighted by atomic mass is 16.5. The first kappa shape index (κ1) is 20.7. The first-order valence-electron chi connectivity index (χ1n) is 10.8. The molecule has 1 aromatic carbocycles. The molecule has 28 heavy (non-hydrogen) atoms. The van der Waals surface area contributed by atoms with E-state index in [1.54, 1.807) is 10.6 Å². The molecule has 0 saturated heterocycles. The topological polar surface area (TPSA) is 43.3 Å². The number of nitrogens with one attached hydrogen (secondary N) is 1. The predicted molar refractivity (Wildman–Crippen MR) is 116 cm³/mol. The number of nitrogens with zero attached hydrogens (tertiary/aromatic N) is 1. The predicted octanol–water partition coefficient (Wildman–Crippen LogP) is 5.18. The summed E-state index contributed by atoms with van der Waals surface area (Å²) < 4.78 is 7.93. The number of aromatic nitrogens is 1. The van der Waals surface area contributed by atoms with Crippen molar-refractivity contribution in [1.82, 2.24) is 9.88 Å². The number of ether oxygens (including phenoxy) is 1. The van der Waals surface area contributed by atoms with Crippen molar-refractivity contribution in [2.24, 2.45) is 0 Å². The quantitative estimate of drug-likeness (QED) is 0.650. The van der Waals surface area contributed by atoms with E-state index >= 15 is 0 Å². The summed E-state index contributed by atoms with van der Waals surface area (Å²) in [5, 5.41) is 3.67. The average molecular weight is 383 g/mol. The Labute approximate surface area is 168 Å². The standard InChI is InChI=1S/C24H34N2O2/c1-4-22(13-15-25-21-7-5-6-8-21)28-23-11-9-19(10-12-23)20-14-16-26(18(2)3)24(27)17-20/h9-12,14,16-18,21-22,25H,4-8,13,15H2,1-3H3. The van der Waals surface area contributed by atoms with Crippen molar-refractivity contribution in [3.05, 3.63) is 52.9 Å². The van der Waals surface area contributed by atoms with Gasteiger partial charge in [-0.15, -0.1) is 0 Å². The van der Waals surface area contributed by atoms with E-state index in [1.807, 2.05) is 50.4 Å². The third-order valence-electron chi connectivity index (χ3n) is 5.70. The Morgan fingerprint density at radius 3 is 2.43 bits per heavy atom. The number of pyridine rings is 1. The lowest BCUT2D eigenvalue weighted by molar-refractivity contribution is 0.184. The summed E-state index contributed by atoms with van der Waals surface area (Å²) >= 11 is 0. The lowest BCUT2D eigenvalue weighted by Crippen LogP contribution is -2.30. The Morgan fingerprint density at radius 1 is 1.11 bits per heavy atom. The average Bonchev–Trinajstić information content (AvgIpc) is 3.21. The summed E-state index contributed by atoms with van der Waals surface area (Å²) in [5.74, 6) is 0.895. The van der Waals surface area contributed by atoms with Crippen LogP contribution < -0.4 is 15.6 Å². The van der Waals surface area contributed by atoms with Gasteiger partial charge in [0.1, 0.15) is 5.75 Å². The smallest absolute Gasteiger partial charge is 0.251 e. The molecule has 1 atom stereocenters. The van der Waals surface area contributed by atoms with Crippen LogP contribution in [0.2, 0.25) is 0 Å². The molecule has 0 bridgehead atoms. The largest absolute Gasteiger partial charge is 0.490 e. The zero-order valence-corrected chi connectivity index (χ0v) is 17.5. The Kier molecular flexibility index (Phi) is 7.32. The second-order valence-electron chi connectivity index (χ2n) is 8.15. The summed E-state index contributed by atoms with van der Waals surface area (Å²) in [6, 6.07) is 12.7. The Balaban J connectivity index is 1.57. The maximum Gasteiger partial charge on any atom is 0.251 e. The van der Waals surface area contributed by atoms with Crippen molar-refractivity contribution in [3.8, 4) is 16.9 Å². The molecule has 4 nitrogen and oxygen atoms in total. The first-order valence-corrected chi connectivity index (χ1v) is 10.8. The summed E-state index contributed by atoms with van der Waals surface area (Å²) in [7, 11) is 0. The monoisotopic (exact) mass is 382 g/mol. The van der Waals surface area contributed by atoms with Crippen LogP contribution >= 0.6 is 0 Å². The van der Waals surface area contributed by atoms with Crippen LogP contribution in [0.15, 0.2) is 47.4 Å². The molecular weight excluding hydrogens is 348 g/mol. The Hall–Kier alpha value is -2.07. The molecular formula is C24H34N2O2. The highest BCUT2D eigenvalue weighted by Gasteiger charge is 2.15. The van der Waals surface area contributed by atoms with Gasteiger partial charge in [0.05, 0.1) is 6.10 Å². The fourth-order valence-electron chi connectivity index (χ4n) is 3.94. The lowest BCUT2D eigenvalue weighted by Gasteiger charge is -2.19. The second-order valence-corrected chi connectivity index (χ2v) is 8.15. The number of hydrogen-bond donors (Lipinski definition) is 1. The van der Waals surface area contributed by atoms with Crippen LogP contribution in [0.3, 0.4) is 0 Å². The molecule has 0 radical (unpaired) electrons. The summed E-state index contributed by atoms with van der Waals surface area (Å²) in [4.78, 5) is 12.2. The number of benzene rings is 1. The molecule has 0 amide bonds. The SMILES string of the molecule is CCC(CCNC1CCCC1)Oc1ccc(-c2ccn(C(C)C)c(=O)c2)cc1. The van der Waals surface area contributed by atoms with Gasteiger partial charge in [0.15, 0.2) is 0 Å². The fourth-order valence-corrected chi connectivity index (χ4v) is 3.94. The van der Waals surface area contributed by atoms with Crippen molar-refractivity contribution in [1.29, 1.82) is 0 Å². The van der Waals surface area contributed by atoms with Crippen LogP contribution in [-0.2, 0) is 0 Å². The molecule has 1 aromatic heterocycles. The van der Waals surface area contributed by atoms with Gasteiger partial charge in [-0.1, -0.05) is 31.9 Å². The van der Waals surface area contributed by atoms with Gasteiger partial charge in [-0.05, 0) is 75.4 Å². The van der Waals surface area contributed by atoms with Crippen molar-refractivity contribution >= 4 is 0 Å². The molecule has 1 heterocycles. The van der Waals surface area contributed by atoms with Gasteiger partial charge in [0, 0.05) is 24.3 Å². The molecule has 1 aliphatic rings. The van der Waals surface area contributed by atoms with Crippen LogP contribution in [0, 0.1) is 0 Å². The third kappa shape index (κ3) is 5.48. The minimum Gasteiger partial charge on any atom is -0.490 e. The molecule has 1 saturated carbocycles. The number of hydrogen-bond acceptors (Lipinski definition) is 3. The van der Waals surface area contributed by atoms with Gasteiger partial charge in [0.25, 0.3) is 5.56 Å². The Bertz CT molecular complexity index is 789. The molecule has 1 aliphatic carbocycles. The van der Waals surface area contributed by atoms with Gasteiger partial charge < -0.3 is 14.6 Å². The van der Waals surface area contributed by atoms with Crippen molar-refractivity contribution in [2.45, 2.75) is 77.5 Å². The molecule has 1 unspecified atom stereocenters. The summed E-state index contributed by atoms with van der Waals surface area (Å²) in [5.41, 5.74) is 2.02. The van der Waals surface area contributed by atoms with Gasteiger partial charge in [-0.2, -0.15) is 0 Å². The molecule has 3 rings (SSSR count). The van der Waals surface area contributed by atoms with Crippen molar-refractivity contribution < 1.29 is 4.74 Å². The molecule has 152 valence electrons. The van der Waals surface area contributed by atoms with Crippen LogP contribution in [0.4, 0.5) is 0 Å². The maximum absolute atomic E-state index is 12.2. The van der Waals surface area contributed by atoms with E-state index in [9.17, 15) is 4.79 Å². The highest BCUT2D eigenvalue weighted by molar-refractivity contribution is 5.63. The van der Waals surface area contributed by atoms with Crippen molar-refractivity contribution in [2.75, 3.05) is 6.54 Å². The first-order chi connectivity index (χ1) is 13.6. The number of rotatable bonds is 9. The van der Waals surface area contributed by atoms with Crippen LogP contribution in [0.5, 0.6) is 5.75 Å². The molecule has 0 aliphatic heterocycles. The maximum atomic E-state index is 12.2. The van der Waals surface area contributed by atoms with Crippen LogP contribution in [0.25, 0.3) is 11.1 Å². The van der Waals surface area contributed by atoms with E-state index in [-0.39, 0.29) is 17.7 Å². The van der Waals surface area contributed by atoms with E-state index in [4.69, 9.17) is 4.74 Å². The Morgan fingerprint density at radius 2 is 1.82 bits per heavy atom. The van der Waals surface area contributed by atoms with Gasteiger partial charge >= 0.3 is 0 Å². The van der Waals surface area contributed by atoms with E-state index in [2.05, 4.69) is 12.2 Å². The third-order valence-corrected chi connectivity index (χ3v) is 5.70. The zero-order valence-electron chi connectivity index (χ0n) is 17.5. The van der Waals surface area contributed by atoms with Crippen LogP contribution in [-0.4, -0.2) is 23.3 Å². The minimum atomic E-state index is 0.0358. The highest BCUT2D eigenvalue weighted by Crippen LogP contribution is 2.23. The second kappa shape index (κ2) is 9.92. The molecule has 0 spiro atoms. The summed E-state index contributed by atoms with van der Waals surface area (Å²) in [6.45, 7) is 7.23. The van der Waals surface area contributed by atoms with E-state index in [0.29, 0.717) is 6.04 Å². The minimum absolute atomic E-state index is 0.0358. The van der Waals surface area contributed by atoms with Crippen molar-refractivity contribution in [3.63, 3.8) is 0 Å². The van der Waals surface area contributed by atoms with E-state index in [0.717, 1.165) is 36.3 Å². The molecule has 4 heteroatoms. The fraction of sp³-hybridized carbons (Fsp3) is 0.542. The van der Waals surface area contributed by atoms with Gasteiger partial charge in [0.2, 0.25) is 0 Å². The molecule has 1 N–H and O–H groups in total. The zero-order chi connectivity index (χ0) is 19.9. The van der Waals surface area contributed by atoms with Crippen LogP contribution in [0.1, 0.15) is 65.3 Å². The van der Waals surface area contributed by atoms with Gasteiger partial charge in [-0.3, -0.25) is 4.79 Å². The van der Waals surface area contributed by atoms with E-state index < -0.39 is 0 Å². The normalized spacial score (nSPS) is 15.9. The van der Waals surface area contributed by atoms with E-state index in [1.165, 1.54) is 25.7 Å². The summed E-state index contributed by atoms with van der Waals surface area (Å²) in [6.07, 6.45) is 9.51. The molecule has 1 fully saturated rings. The van der Waals surface area contributed by atoms with Gasteiger partial charge in [-0.25, -0.2) is 0 Å². The molecule has 2 aromatic rings.